The normalized spacial score (nSPS) is 29.2. The quantitative estimate of drug-likeness (QED) is 0.583. The zero-order chi connectivity index (χ0) is 24.0. The molecule has 2 aliphatic heterocycles. The van der Waals surface area contributed by atoms with E-state index in [2.05, 4.69) is 9.88 Å². The van der Waals surface area contributed by atoms with Crippen LogP contribution in [0.1, 0.15) is 24.8 Å². The number of carbonyl (C=O) groups is 1. The van der Waals surface area contributed by atoms with Crippen molar-refractivity contribution in [3.8, 4) is 5.88 Å². The minimum Gasteiger partial charge on any atom is -0.474 e. The lowest BCUT2D eigenvalue weighted by Gasteiger charge is -2.27. The van der Waals surface area contributed by atoms with E-state index in [9.17, 15) is 9.90 Å². The Morgan fingerprint density at radius 2 is 2.00 bits per heavy atom. The summed E-state index contributed by atoms with van der Waals surface area (Å²) in [6, 6.07) is 9.27. The van der Waals surface area contributed by atoms with Gasteiger partial charge in [-0.1, -0.05) is 40.9 Å². The second-order valence-corrected chi connectivity index (χ2v) is 11.0. The Kier molecular flexibility index (Phi) is 6.97. The van der Waals surface area contributed by atoms with E-state index in [0.717, 1.165) is 12.1 Å². The van der Waals surface area contributed by atoms with Crippen LogP contribution in [0.25, 0.3) is 0 Å². The Hall–Kier alpha value is -1.57. The van der Waals surface area contributed by atoms with Crippen LogP contribution in [0.5, 0.6) is 5.88 Å². The molecule has 3 heterocycles. The number of likely N-dealkylation sites (tertiary alicyclic amines) is 2. The molecule has 2 aromatic rings. The molecule has 0 radical (unpaired) electrons. The number of rotatable bonds is 7. The average Bonchev–Trinajstić information content (AvgIpc) is 3.27. The highest BCUT2D eigenvalue weighted by Crippen LogP contribution is 2.49. The number of pyridine rings is 1. The molecule has 182 valence electrons. The fourth-order valence-electron chi connectivity index (χ4n) is 5.68. The molecule has 3 aliphatic rings. The molecule has 1 N–H and O–H groups in total. The molecule has 6 atom stereocenters. The van der Waals surface area contributed by atoms with Gasteiger partial charge in [0.15, 0.2) is 0 Å². The fourth-order valence-corrected chi connectivity index (χ4v) is 6.10. The predicted octanol–water partition coefficient (Wildman–Crippen LogP) is 4.36. The summed E-state index contributed by atoms with van der Waals surface area (Å²) in [7, 11) is 0. The zero-order valence-corrected chi connectivity index (χ0v) is 21.2. The summed E-state index contributed by atoms with van der Waals surface area (Å²) < 4.78 is 6.16. The topological polar surface area (TPSA) is 65.9 Å². The molecule has 1 aromatic carbocycles. The lowest BCUT2D eigenvalue weighted by Crippen LogP contribution is -2.44. The summed E-state index contributed by atoms with van der Waals surface area (Å²) in [5, 5.41) is 11.4. The van der Waals surface area contributed by atoms with Crippen LogP contribution >= 0.6 is 34.8 Å². The smallest absolute Gasteiger partial charge is 0.236 e. The predicted molar refractivity (Wildman–Crippen MR) is 133 cm³/mol. The fraction of sp³-hybridized carbons (Fsp3) is 0.520. The number of hydrogen-bond acceptors (Lipinski definition) is 5. The number of amides is 1. The second kappa shape index (κ2) is 9.82. The van der Waals surface area contributed by atoms with Crippen LogP contribution < -0.4 is 4.74 Å². The average molecular weight is 525 g/mol. The van der Waals surface area contributed by atoms with Crippen LogP contribution in [0.3, 0.4) is 0 Å². The number of halogens is 3. The van der Waals surface area contributed by atoms with E-state index in [-0.39, 0.29) is 36.5 Å². The molecule has 2 unspecified atom stereocenters. The second-order valence-electron chi connectivity index (χ2n) is 9.72. The highest BCUT2D eigenvalue weighted by atomic mass is 35.5. The molecule has 6 nitrogen and oxygen atoms in total. The van der Waals surface area contributed by atoms with Gasteiger partial charge in [0.1, 0.15) is 6.10 Å². The van der Waals surface area contributed by atoms with Gasteiger partial charge in [0.25, 0.3) is 0 Å². The summed E-state index contributed by atoms with van der Waals surface area (Å²) in [6.45, 7) is 4.51. The third kappa shape index (κ3) is 4.89. The van der Waals surface area contributed by atoms with E-state index in [1.54, 1.807) is 24.4 Å². The summed E-state index contributed by atoms with van der Waals surface area (Å²) in [6.07, 6.45) is 2.53. The molecule has 9 heteroatoms. The van der Waals surface area contributed by atoms with Crippen molar-refractivity contribution in [2.75, 3.05) is 32.8 Å². The van der Waals surface area contributed by atoms with E-state index in [1.807, 2.05) is 24.0 Å². The minimum atomic E-state index is -0.199. The molecule has 0 spiro atoms. The van der Waals surface area contributed by atoms with E-state index in [0.29, 0.717) is 52.4 Å². The third-order valence-electron chi connectivity index (χ3n) is 7.63. The number of fused-ring (bicyclic) bond motifs is 1. The highest BCUT2D eigenvalue weighted by Gasteiger charge is 2.52. The minimum absolute atomic E-state index is 0.0410. The first-order valence-corrected chi connectivity index (χ1v) is 12.8. The Labute approximate surface area is 214 Å². The van der Waals surface area contributed by atoms with Crippen molar-refractivity contribution in [3.05, 3.63) is 57.2 Å². The van der Waals surface area contributed by atoms with Gasteiger partial charge < -0.3 is 14.7 Å². The summed E-state index contributed by atoms with van der Waals surface area (Å²) in [5.74, 6) is 1.86. The van der Waals surface area contributed by atoms with Crippen molar-refractivity contribution in [2.24, 2.45) is 17.8 Å². The molecule has 3 fully saturated rings. The zero-order valence-electron chi connectivity index (χ0n) is 18.9. The van der Waals surface area contributed by atoms with Crippen LogP contribution in [0.4, 0.5) is 0 Å². The lowest BCUT2D eigenvalue weighted by atomic mass is 9.86. The highest BCUT2D eigenvalue weighted by molar-refractivity contribution is 6.42. The Bertz CT molecular complexity index is 1050. The number of nitrogens with zero attached hydrogens (tertiary/aromatic N) is 3. The Balaban J connectivity index is 1.33. The first-order chi connectivity index (χ1) is 16.3. The van der Waals surface area contributed by atoms with E-state index in [1.165, 1.54) is 6.42 Å². The SMILES string of the molecule is C[C@@H](Oc1ccc(Cl)cn1)[C@@H]1CN(C(=O)CN2CC3CC3[C@@H]2CO)C[C@H]1c1ccc(Cl)c(Cl)c1. The van der Waals surface area contributed by atoms with Gasteiger partial charge in [-0.25, -0.2) is 4.98 Å². The van der Waals surface area contributed by atoms with E-state index in [4.69, 9.17) is 39.5 Å². The van der Waals surface area contributed by atoms with Crippen molar-refractivity contribution in [2.45, 2.75) is 31.4 Å². The van der Waals surface area contributed by atoms with Gasteiger partial charge in [0, 0.05) is 49.8 Å². The first kappa shape index (κ1) is 24.1. The number of carbonyl (C=O) groups excluding carboxylic acids is 1. The number of aliphatic hydroxyl groups excluding tert-OH is 1. The van der Waals surface area contributed by atoms with Crippen molar-refractivity contribution in [3.63, 3.8) is 0 Å². The summed E-state index contributed by atoms with van der Waals surface area (Å²) >= 11 is 18.4. The molecular formula is C25H28Cl3N3O3. The van der Waals surface area contributed by atoms with Gasteiger partial charge in [0.2, 0.25) is 11.8 Å². The summed E-state index contributed by atoms with van der Waals surface area (Å²) in [5.41, 5.74) is 1.03. The molecule has 1 aromatic heterocycles. The molecule has 1 amide bonds. The van der Waals surface area contributed by atoms with E-state index < -0.39 is 0 Å². The van der Waals surface area contributed by atoms with Crippen molar-refractivity contribution >= 4 is 40.7 Å². The standard InChI is InChI=1S/C25H28Cl3N3O3/c1-14(34-24-5-3-17(26)8-29-24)19-10-31(11-20(19)15-2-4-21(27)22(28)7-15)25(33)12-30-9-16-6-18(16)23(30)13-32/h2-5,7-8,14,16,18-20,23,32H,6,9-13H2,1H3/t14-,16?,18?,19+,20+,23+/m1/s1. The van der Waals surface area contributed by atoms with Crippen LogP contribution in [0.2, 0.25) is 15.1 Å². The van der Waals surface area contributed by atoms with Gasteiger partial charge >= 0.3 is 0 Å². The van der Waals surface area contributed by atoms with Crippen LogP contribution in [-0.2, 0) is 4.79 Å². The van der Waals surface area contributed by atoms with Crippen LogP contribution in [0, 0.1) is 17.8 Å². The maximum atomic E-state index is 13.3. The number of hydrogen-bond donors (Lipinski definition) is 1. The maximum Gasteiger partial charge on any atom is 0.236 e. The number of benzene rings is 1. The number of ether oxygens (including phenoxy) is 1. The number of aliphatic hydroxyl groups is 1. The van der Waals surface area contributed by atoms with Gasteiger partial charge in [-0.05, 0) is 48.9 Å². The van der Waals surface area contributed by atoms with Crippen molar-refractivity contribution < 1.29 is 14.6 Å². The van der Waals surface area contributed by atoms with Crippen molar-refractivity contribution in [1.29, 1.82) is 0 Å². The molecule has 1 saturated carbocycles. The van der Waals surface area contributed by atoms with Gasteiger partial charge in [-0.3, -0.25) is 9.69 Å². The van der Waals surface area contributed by atoms with Gasteiger partial charge in [-0.2, -0.15) is 0 Å². The Morgan fingerprint density at radius 3 is 2.71 bits per heavy atom. The van der Waals surface area contributed by atoms with Crippen molar-refractivity contribution in [1.82, 2.24) is 14.8 Å². The molecule has 2 saturated heterocycles. The molecule has 34 heavy (non-hydrogen) atoms. The third-order valence-corrected chi connectivity index (χ3v) is 8.60. The molecule has 0 bridgehead atoms. The first-order valence-electron chi connectivity index (χ1n) is 11.7. The maximum absolute atomic E-state index is 13.3. The lowest BCUT2D eigenvalue weighted by molar-refractivity contribution is -0.132. The van der Waals surface area contributed by atoms with Crippen LogP contribution in [-0.4, -0.2) is 70.7 Å². The monoisotopic (exact) mass is 523 g/mol. The molecule has 5 rings (SSSR count). The molecular weight excluding hydrogens is 497 g/mol. The number of piperidine rings is 1. The summed E-state index contributed by atoms with van der Waals surface area (Å²) in [4.78, 5) is 21.7. The Morgan fingerprint density at radius 1 is 1.18 bits per heavy atom. The van der Waals surface area contributed by atoms with Gasteiger partial charge in [-0.15, -0.1) is 0 Å². The largest absolute Gasteiger partial charge is 0.474 e. The van der Waals surface area contributed by atoms with Crippen LogP contribution in [0.15, 0.2) is 36.5 Å². The number of aromatic nitrogens is 1. The molecule has 1 aliphatic carbocycles. The van der Waals surface area contributed by atoms with E-state index >= 15 is 0 Å². The van der Waals surface area contributed by atoms with Gasteiger partial charge in [0.05, 0.1) is 28.2 Å².